The van der Waals surface area contributed by atoms with Gasteiger partial charge in [0.05, 0.1) is 11.4 Å². The van der Waals surface area contributed by atoms with Crippen LogP contribution in [0.25, 0.3) is 0 Å². The molecule has 0 aromatic carbocycles. The minimum absolute atomic E-state index is 0.0108. The second-order valence-electron chi connectivity index (χ2n) is 4.87. The van der Waals surface area contributed by atoms with Crippen LogP contribution in [0.5, 0.6) is 0 Å². The van der Waals surface area contributed by atoms with Gasteiger partial charge in [0.15, 0.2) is 0 Å². The molecule has 0 bridgehead atoms. The first-order valence-corrected chi connectivity index (χ1v) is 4.89. The predicted molar refractivity (Wildman–Crippen MR) is 57.9 cm³/mol. The van der Waals surface area contributed by atoms with Crippen LogP contribution in [0.3, 0.4) is 0 Å². The molecule has 0 saturated heterocycles. The number of nitrogens with zero attached hydrogens (tertiary/aromatic N) is 2. The zero-order chi connectivity index (χ0) is 10.9. The highest BCUT2D eigenvalue weighted by atomic mass is 15.1. The van der Waals surface area contributed by atoms with E-state index in [-0.39, 0.29) is 11.5 Å². The maximum Gasteiger partial charge on any atom is 0.0648 e. The van der Waals surface area contributed by atoms with Gasteiger partial charge in [-0.15, -0.1) is 0 Å². The van der Waals surface area contributed by atoms with Gasteiger partial charge in [0.25, 0.3) is 0 Å². The predicted octanol–water partition coefficient (Wildman–Crippen LogP) is 2.14. The fourth-order valence-electron chi connectivity index (χ4n) is 1.35. The third kappa shape index (κ3) is 2.29. The Kier molecular flexibility index (Phi) is 2.90. The molecule has 0 saturated carbocycles. The monoisotopic (exact) mass is 193 g/mol. The van der Waals surface area contributed by atoms with Gasteiger partial charge in [0, 0.05) is 6.04 Å². The molecule has 1 aromatic rings. The molecule has 0 radical (unpaired) electrons. The number of hydrogen-bond acceptors (Lipinski definition) is 3. The van der Waals surface area contributed by atoms with Crippen LogP contribution in [0.1, 0.15) is 43.8 Å². The summed E-state index contributed by atoms with van der Waals surface area (Å²) in [5, 5.41) is 8.08. The van der Waals surface area contributed by atoms with E-state index in [1.54, 1.807) is 0 Å². The van der Waals surface area contributed by atoms with Crippen molar-refractivity contribution in [1.29, 1.82) is 0 Å². The van der Waals surface area contributed by atoms with E-state index in [1.165, 1.54) is 0 Å². The van der Waals surface area contributed by atoms with Gasteiger partial charge in [-0.3, -0.25) is 0 Å². The first-order chi connectivity index (χ1) is 6.32. The van der Waals surface area contributed by atoms with Gasteiger partial charge < -0.3 is 5.73 Å². The van der Waals surface area contributed by atoms with Gasteiger partial charge >= 0.3 is 0 Å². The fraction of sp³-hybridized carbons (Fsp3) is 0.636. The Balaban J connectivity index is 3.12. The van der Waals surface area contributed by atoms with E-state index in [9.17, 15) is 0 Å². The topological polar surface area (TPSA) is 51.8 Å². The number of nitrogens with two attached hydrogens (primary N) is 1. The Bertz CT molecular complexity index is 326. The maximum atomic E-state index is 6.17. The molecule has 0 aliphatic carbocycles. The number of aryl methyl sites for hydroxylation is 2. The smallest absolute Gasteiger partial charge is 0.0648 e. The first-order valence-electron chi connectivity index (χ1n) is 4.89. The second kappa shape index (κ2) is 3.65. The Morgan fingerprint density at radius 3 is 2.29 bits per heavy atom. The Labute approximate surface area is 85.7 Å². The zero-order valence-corrected chi connectivity index (χ0v) is 9.63. The maximum absolute atomic E-state index is 6.17. The molecule has 1 atom stereocenters. The number of rotatable bonds is 1. The minimum atomic E-state index is 0.0108. The Morgan fingerprint density at radius 1 is 1.21 bits per heavy atom. The lowest BCUT2D eigenvalue weighted by atomic mass is 9.82. The van der Waals surface area contributed by atoms with Crippen LogP contribution in [0.4, 0.5) is 0 Å². The summed E-state index contributed by atoms with van der Waals surface area (Å²) in [6.45, 7) is 10.3. The van der Waals surface area contributed by atoms with Crippen molar-refractivity contribution in [3.05, 3.63) is 23.0 Å². The van der Waals surface area contributed by atoms with E-state index in [0.29, 0.717) is 0 Å². The van der Waals surface area contributed by atoms with E-state index < -0.39 is 0 Å². The molecule has 0 aliphatic rings. The molecule has 78 valence electrons. The molecule has 3 heteroatoms. The average Bonchev–Trinajstić information content (AvgIpc) is 2.06. The summed E-state index contributed by atoms with van der Waals surface area (Å²) in [5.41, 5.74) is 9.18. The quantitative estimate of drug-likeness (QED) is 0.743. The third-order valence-corrected chi connectivity index (χ3v) is 2.41. The summed E-state index contributed by atoms with van der Waals surface area (Å²) < 4.78 is 0. The lowest BCUT2D eigenvalue weighted by Gasteiger charge is -2.28. The Hall–Kier alpha value is -0.960. The van der Waals surface area contributed by atoms with Crippen LogP contribution in [0.2, 0.25) is 0 Å². The molecular formula is C11H19N3. The summed E-state index contributed by atoms with van der Waals surface area (Å²) in [6.07, 6.45) is 0. The molecule has 0 amide bonds. The fourth-order valence-corrected chi connectivity index (χ4v) is 1.35. The summed E-state index contributed by atoms with van der Waals surface area (Å²) in [4.78, 5) is 0. The van der Waals surface area contributed by atoms with Crippen LogP contribution in [0.15, 0.2) is 6.07 Å². The van der Waals surface area contributed by atoms with Crippen molar-refractivity contribution in [2.24, 2.45) is 11.1 Å². The molecule has 1 aromatic heterocycles. The van der Waals surface area contributed by atoms with Crippen molar-refractivity contribution in [3.8, 4) is 0 Å². The number of aromatic nitrogens is 2. The van der Waals surface area contributed by atoms with Gasteiger partial charge in [0.1, 0.15) is 0 Å². The van der Waals surface area contributed by atoms with E-state index in [0.717, 1.165) is 17.0 Å². The highest BCUT2D eigenvalue weighted by Gasteiger charge is 2.24. The summed E-state index contributed by atoms with van der Waals surface area (Å²) in [5.74, 6) is 0. The SMILES string of the molecule is Cc1cc(C(N)C(C)(C)C)c(C)nn1. The molecule has 1 rings (SSSR count). The minimum Gasteiger partial charge on any atom is -0.323 e. The zero-order valence-electron chi connectivity index (χ0n) is 9.63. The summed E-state index contributed by atoms with van der Waals surface area (Å²) in [7, 11) is 0. The molecule has 0 spiro atoms. The van der Waals surface area contributed by atoms with Crippen molar-refractivity contribution in [2.45, 2.75) is 40.7 Å². The van der Waals surface area contributed by atoms with Gasteiger partial charge in [-0.1, -0.05) is 20.8 Å². The van der Waals surface area contributed by atoms with E-state index in [2.05, 4.69) is 31.0 Å². The van der Waals surface area contributed by atoms with Crippen LogP contribution >= 0.6 is 0 Å². The highest BCUT2D eigenvalue weighted by Crippen LogP contribution is 2.31. The van der Waals surface area contributed by atoms with Crippen molar-refractivity contribution >= 4 is 0 Å². The van der Waals surface area contributed by atoms with Crippen molar-refractivity contribution in [3.63, 3.8) is 0 Å². The molecular weight excluding hydrogens is 174 g/mol. The van der Waals surface area contributed by atoms with E-state index in [1.807, 2.05) is 19.9 Å². The molecule has 1 heterocycles. The summed E-state index contributed by atoms with van der Waals surface area (Å²) in [6, 6.07) is 2.04. The van der Waals surface area contributed by atoms with Gasteiger partial charge in [-0.2, -0.15) is 10.2 Å². The van der Waals surface area contributed by atoms with Crippen molar-refractivity contribution < 1.29 is 0 Å². The van der Waals surface area contributed by atoms with Crippen LogP contribution < -0.4 is 5.73 Å². The van der Waals surface area contributed by atoms with Gasteiger partial charge in [-0.25, -0.2) is 0 Å². The molecule has 3 nitrogen and oxygen atoms in total. The largest absolute Gasteiger partial charge is 0.323 e. The van der Waals surface area contributed by atoms with Crippen molar-refractivity contribution in [2.75, 3.05) is 0 Å². The second-order valence-corrected chi connectivity index (χ2v) is 4.87. The van der Waals surface area contributed by atoms with Crippen LogP contribution in [-0.4, -0.2) is 10.2 Å². The molecule has 0 fully saturated rings. The normalized spacial score (nSPS) is 14.1. The van der Waals surface area contributed by atoms with Crippen molar-refractivity contribution in [1.82, 2.24) is 10.2 Å². The molecule has 2 N–H and O–H groups in total. The van der Waals surface area contributed by atoms with Crippen LogP contribution in [0, 0.1) is 19.3 Å². The van der Waals surface area contributed by atoms with Gasteiger partial charge in [-0.05, 0) is 30.9 Å². The van der Waals surface area contributed by atoms with Crippen LogP contribution in [-0.2, 0) is 0 Å². The average molecular weight is 193 g/mol. The van der Waals surface area contributed by atoms with E-state index >= 15 is 0 Å². The third-order valence-electron chi connectivity index (χ3n) is 2.41. The lowest BCUT2D eigenvalue weighted by Crippen LogP contribution is -2.27. The van der Waals surface area contributed by atoms with E-state index in [4.69, 9.17) is 5.73 Å². The molecule has 14 heavy (non-hydrogen) atoms. The number of hydrogen-bond donors (Lipinski definition) is 1. The molecule has 0 aliphatic heterocycles. The lowest BCUT2D eigenvalue weighted by molar-refractivity contribution is 0.325. The van der Waals surface area contributed by atoms with Gasteiger partial charge in [0.2, 0.25) is 0 Å². The molecule has 1 unspecified atom stereocenters. The first kappa shape index (κ1) is 11.1. The summed E-state index contributed by atoms with van der Waals surface area (Å²) >= 11 is 0. The Morgan fingerprint density at radius 2 is 1.79 bits per heavy atom. The standard InChI is InChI=1S/C11H19N3/c1-7-6-9(8(2)14-13-7)10(12)11(3,4)5/h6,10H,12H2,1-5H3. The highest BCUT2D eigenvalue weighted by molar-refractivity contribution is 5.24.